The number of likely N-dealkylation sites (tertiary alicyclic amines) is 1. The lowest BCUT2D eigenvalue weighted by Crippen LogP contribution is -2.53. The second-order valence-corrected chi connectivity index (χ2v) is 6.44. The molecule has 2 fully saturated rings. The molecule has 2 heterocycles. The molecule has 0 spiro atoms. The van der Waals surface area contributed by atoms with Crippen LogP contribution in [0.2, 0.25) is 0 Å². The first kappa shape index (κ1) is 16.8. The predicted molar refractivity (Wildman–Crippen MR) is 88.2 cm³/mol. The fourth-order valence-electron chi connectivity index (χ4n) is 3.62. The number of carbonyl (C=O) groups is 2. The summed E-state index contributed by atoms with van der Waals surface area (Å²) >= 11 is 0. The average Bonchev–Trinajstić information content (AvgIpc) is 3.05. The molecule has 0 bridgehead atoms. The van der Waals surface area contributed by atoms with Crippen LogP contribution in [0.3, 0.4) is 0 Å². The van der Waals surface area contributed by atoms with E-state index in [1.54, 1.807) is 4.90 Å². The van der Waals surface area contributed by atoms with E-state index in [0.717, 1.165) is 12.1 Å². The van der Waals surface area contributed by atoms with Crippen molar-refractivity contribution in [3.63, 3.8) is 0 Å². The molecule has 0 aromatic heterocycles. The van der Waals surface area contributed by atoms with Gasteiger partial charge in [-0.1, -0.05) is 30.3 Å². The Morgan fingerprint density at radius 3 is 2.83 bits per heavy atom. The Kier molecular flexibility index (Phi) is 5.04. The molecule has 6 heteroatoms. The van der Waals surface area contributed by atoms with E-state index in [1.807, 2.05) is 37.3 Å². The Labute approximate surface area is 142 Å². The van der Waals surface area contributed by atoms with Crippen molar-refractivity contribution in [1.82, 2.24) is 10.2 Å². The molecule has 1 aromatic rings. The van der Waals surface area contributed by atoms with Crippen molar-refractivity contribution in [2.75, 3.05) is 32.8 Å². The van der Waals surface area contributed by atoms with Crippen molar-refractivity contribution in [2.24, 2.45) is 11.3 Å². The Morgan fingerprint density at radius 2 is 2.08 bits per heavy atom. The van der Waals surface area contributed by atoms with Crippen LogP contribution in [0.15, 0.2) is 30.3 Å². The second kappa shape index (κ2) is 7.21. The standard InChI is InChI=1S/C18H24N2O4/c1-2-23-16(21)18-8-9-20(11-15(18)10-19-13-18)17(22)24-12-14-6-4-3-5-7-14/h3-7,15,19H,2,8-13H2,1H3/t15?,18-/m1/s1. The average molecular weight is 332 g/mol. The largest absolute Gasteiger partial charge is 0.466 e. The molecular weight excluding hydrogens is 308 g/mol. The Bertz CT molecular complexity index is 592. The summed E-state index contributed by atoms with van der Waals surface area (Å²) in [5.41, 5.74) is 0.470. The van der Waals surface area contributed by atoms with Crippen molar-refractivity contribution < 1.29 is 19.1 Å². The van der Waals surface area contributed by atoms with Crippen molar-refractivity contribution in [3.8, 4) is 0 Å². The molecule has 0 aliphatic carbocycles. The molecule has 2 aliphatic heterocycles. The van der Waals surface area contributed by atoms with Gasteiger partial charge in [-0.2, -0.15) is 0 Å². The van der Waals surface area contributed by atoms with Gasteiger partial charge < -0.3 is 19.7 Å². The van der Waals surface area contributed by atoms with Crippen LogP contribution in [-0.2, 0) is 20.9 Å². The van der Waals surface area contributed by atoms with E-state index in [-0.39, 0.29) is 24.6 Å². The van der Waals surface area contributed by atoms with Crippen LogP contribution < -0.4 is 5.32 Å². The molecule has 2 aliphatic rings. The lowest BCUT2D eigenvalue weighted by molar-refractivity contribution is -0.159. The monoisotopic (exact) mass is 332 g/mol. The SMILES string of the molecule is CCOC(=O)[C@@]12CCN(C(=O)OCc3ccccc3)CC1CNC2. The molecule has 2 saturated heterocycles. The number of amides is 1. The molecule has 6 nitrogen and oxygen atoms in total. The quantitative estimate of drug-likeness (QED) is 0.852. The first-order valence-electron chi connectivity index (χ1n) is 8.49. The zero-order valence-electron chi connectivity index (χ0n) is 14.0. The summed E-state index contributed by atoms with van der Waals surface area (Å²) in [6.45, 7) is 4.87. The number of esters is 1. The molecule has 3 rings (SSSR count). The smallest absolute Gasteiger partial charge is 0.410 e. The van der Waals surface area contributed by atoms with Crippen molar-refractivity contribution in [2.45, 2.75) is 20.0 Å². The van der Waals surface area contributed by atoms with Gasteiger partial charge in [0.2, 0.25) is 0 Å². The van der Waals surface area contributed by atoms with Crippen LogP contribution in [0.25, 0.3) is 0 Å². The summed E-state index contributed by atoms with van der Waals surface area (Å²) in [7, 11) is 0. The van der Waals surface area contributed by atoms with E-state index in [4.69, 9.17) is 9.47 Å². The van der Waals surface area contributed by atoms with Gasteiger partial charge in [-0.15, -0.1) is 0 Å². The molecule has 24 heavy (non-hydrogen) atoms. The molecule has 1 N–H and O–H groups in total. The number of piperidine rings is 1. The van der Waals surface area contributed by atoms with E-state index in [0.29, 0.717) is 32.7 Å². The fourth-order valence-corrected chi connectivity index (χ4v) is 3.62. The molecule has 0 saturated carbocycles. The number of hydrogen-bond donors (Lipinski definition) is 1. The van der Waals surface area contributed by atoms with Crippen LogP contribution in [0.1, 0.15) is 18.9 Å². The van der Waals surface area contributed by atoms with E-state index < -0.39 is 5.41 Å². The Morgan fingerprint density at radius 1 is 1.29 bits per heavy atom. The Hall–Kier alpha value is -2.08. The minimum atomic E-state index is -0.494. The zero-order valence-corrected chi connectivity index (χ0v) is 14.0. The highest BCUT2D eigenvalue weighted by molar-refractivity contribution is 5.79. The van der Waals surface area contributed by atoms with Gasteiger partial charge in [-0.3, -0.25) is 4.79 Å². The van der Waals surface area contributed by atoms with E-state index in [9.17, 15) is 9.59 Å². The number of nitrogens with one attached hydrogen (secondary N) is 1. The van der Waals surface area contributed by atoms with Gasteiger partial charge in [0.05, 0.1) is 12.0 Å². The number of carbonyl (C=O) groups excluding carboxylic acids is 2. The van der Waals surface area contributed by atoms with Crippen LogP contribution in [-0.4, -0.2) is 49.7 Å². The predicted octanol–water partition coefficient (Wildman–Crippen LogP) is 1.80. The number of fused-ring (bicyclic) bond motifs is 1. The first-order valence-corrected chi connectivity index (χ1v) is 8.49. The molecule has 130 valence electrons. The number of ether oxygens (including phenoxy) is 2. The molecule has 1 amide bonds. The topological polar surface area (TPSA) is 67.9 Å². The zero-order chi connectivity index (χ0) is 17.0. The van der Waals surface area contributed by atoms with Gasteiger partial charge in [0.25, 0.3) is 0 Å². The van der Waals surface area contributed by atoms with E-state index >= 15 is 0 Å². The highest BCUT2D eigenvalue weighted by Crippen LogP contribution is 2.40. The minimum absolute atomic E-state index is 0.0783. The molecule has 2 atom stereocenters. The summed E-state index contributed by atoms with van der Waals surface area (Å²) in [6.07, 6.45) is 0.299. The van der Waals surface area contributed by atoms with E-state index in [1.165, 1.54) is 0 Å². The summed E-state index contributed by atoms with van der Waals surface area (Å²) in [4.78, 5) is 26.4. The minimum Gasteiger partial charge on any atom is -0.466 e. The molecule has 1 unspecified atom stereocenters. The summed E-state index contributed by atoms with van der Waals surface area (Å²) in [5, 5.41) is 3.28. The number of nitrogens with zero attached hydrogens (tertiary/aromatic N) is 1. The summed E-state index contributed by atoms with van der Waals surface area (Å²) in [6, 6.07) is 9.62. The fraction of sp³-hybridized carbons (Fsp3) is 0.556. The van der Waals surface area contributed by atoms with Gasteiger partial charge in [-0.05, 0) is 18.9 Å². The maximum Gasteiger partial charge on any atom is 0.410 e. The third-order valence-electron chi connectivity index (χ3n) is 5.03. The van der Waals surface area contributed by atoms with Gasteiger partial charge in [0, 0.05) is 32.1 Å². The molecular formula is C18H24N2O4. The first-order chi connectivity index (χ1) is 11.7. The highest BCUT2D eigenvalue weighted by atomic mass is 16.6. The van der Waals surface area contributed by atoms with Gasteiger partial charge >= 0.3 is 12.1 Å². The number of rotatable bonds is 4. The van der Waals surface area contributed by atoms with Gasteiger partial charge in [0.15, 0.2) is 0 Å². The van der Waals surface area contributed by atoms with Gasteiger partial charge in [-0.25, -0.2) is 4.79 Å². The Balaban J connectivity index is 1.58. The van der Waals surface area contributed by atoms with Crippen LogP contribution >= 0.6 is 0 Å². The van der Waals surface area contributed by atoms with Crippen molar-refractivity contribution >= 4 is 12.1 Å². The normalized spacial score (nSPS) is 25.9. The number of benzene rings is 1. The summed E-state index contributed by atoms with van der Waals surface area (Å²) in [5.74, 6) is -0.0631. The summed E-state index contributed by atoms with van der Waals surface area (Å²) < 4.78 is 10.7. The van der Waals surface area contributed by atoms with Crippen LogP contribution in [0.4, 0.5) is 4.79 Å². The third-order valence-corrected chi connectivity index (χ3v) is 5.03. The lowest BCUT2D eigenvalue weighted by Gasteiger charge is -2.41. The van der Waals surface area contributed by atoms with Crippen LogP contribution in [0.5, 0.6) is 0 Å². The maximum atomic E-state index is 12.4. The maximum absolute atomic E-state index is 12.4. The third kappa shape index (κ3) is 3.24. The molecule has 0 radical (unpaired) electrons. The second-order valence-electron chi connectivity index (χ2n) is 6.44. The van der Waals surface area contributed by atoms with E-state index in [2.05, 4.69) is 5.32 Å². The van der Waals surface area contributed by atoms with Gasteiger partial charge in [0.1, 0.15) is 6.61 Å². The lowest BCUT2D eigenvalue weighted by atomic mass is 9.72. The van der Waals surface area contributed by atoms with Crippen LogP contribution in [0, 0.1) is 11.3 Å². The van der Waals surface area contributed by atoms with Crippen molar-refractivity contribution in [1.29, 1.82) is 0 Å². The highest BCUT2D eigenvalue weighted by Gasteiger charge is 2.53. The number of hydrogen-bond acceptors (Lipinski definition) is 5. The van der Waals surface area contributed by atoms with Crippen molar-refractivity contribution in [3.05, 3.63) is 35.9 Å². The molecule has 1 aromatic carbocycles.